The summed E-state index contributed by atoms with van der Waals surface area (Å²) in [7, 11) is 1.91. The van der Waals surface area contributed by atoms with Gasteiger partial charge in [0.2, 0.25) is 0 Å². The Hall–Kier alpha value is -3.53. The molecule has 1 fully saturated rings. The number of likely N-dealkylation sites (tertiary alicyclic amines) is 1. The smallest absolute Gasteiger partial charge is 0.383 e. The van der Waals surface area contributed by atoms with E-state index in [1.165, 1.54) is 17.0 Å². The van der Waals surface area contributed by atoms with E-state index in [9.17, 15) is 18.0 Å². The zero-order chi connectivity index (χ0) is 27.1. The highest BCUT2D eigenvalue weighted by Gasteiger charge is 2.25. The summed E-state index contributed by atoms with van der Waals surface area (Å²) in [5, 5.41) is 0.408. The molecule has 1 aromatic heterocycles. The molecule has 0 radical (unpaired) electrons. The van der Waals surface area contributed by atoms with E-state index in [2.05, 4.69) is 4.99 Å². The number of hydrogen-bond acceptors (Lipinski definition) is 4. The predicted octanol–water partition coefficient (Wildman–Crippen LogP) is 5.64. The number of carbonyl (C=O) groups excluding carboxylic acids is 1. The number of benzene rings is 2. The minimum Gasteiger partial charge on any atom is -0.383 e. The van der Waals surface area contributed by atoms with Gasteiger partial charge in [0.15, 0.2) is 0 Å². The van der Waals surface area contributed by atoms with Crippen LogP contribution in [0.1, 0.15) is 32.3 Å². The third-order valence-electron chi connectivity index (χ3n) is 5.68. The van der Waals surface area contributed by atoms with Gasteiger partial charge in [0, 0.05) is 29.7 Å². The van der Waals surface area contributed by atoms with Crippen molar-refractivity contribution in [3.63, 3.8) is 0 Å². The predicted molar refractivity (Wildman–Crippen MR) is 140 cm³/mol. The highest BCUT2D eigenvalue weighted by atomic mass is 35.5. The van der Waals surface area contributed by atoms with Crippen LogP contribution in [0.3, 0.4) is 0 Å². The Morgan fingerprint density at radius 2 is 1.81 bits per heavy atom. The molecular weight excluding hydrogens is 505 g/mol. The van der Waals surface area contributed by atoms with Crippen molar-refractivity contribution in [2.45, 2.75) is 33.1 Å². The molecule has 198 valence electrons. The Balaban J connectivity index is 0.000000216. The molecule has 37 heavy (non-hydrogen) atoms. The first kappa shape index (κ1) is 28.0. The highest BCUT2D eigenvalue weighted by molar-refractivity contribution is 6.31. The van der Waals surface area contributed by atoms with Crippen molar-refractivity contribution >= 4 is 40.5 Å². The van der Waals surface area contributed by atoms with Crippen molar-refractivity contribution in [3.8, 4) is 0 Å². The van der Waals surface area contributed by atoms with Crippen LogP contribution in [0.15, 0.2) is 60.1 Å². The second kappa shape index (κ2) is 12.6. The van der Waals surface area contributed by atoms with Crippen molar-refractivity contribution in [1.29, 1.82) is 0 Å². The summed E-state index contributed by atoms with van der Waals surface area (Å²) in [6.07, 6.45) is 5.15. The van der Waals surface area contributed by atoms with E-state index >= 15 is 0 Å². The molecule has 1 saturated heterocycles. The lowest BCUT2D eigenvalue weighted by Crippen LogP contribution is -2.33. The van der Waals surface area contributed by atoms with Gasteiger partial charge in [-0.1, -0.05) is 25.4 Å². The van der Waals surface area contributed by atoms with Gasteiger partial charge < -0.3 is 15.5 Å². The number of aromatic nitrogens is 2. The van der Waals surface area contributed by atoms with Crippen molar-refractivity contribution in [2.75, 3.05) is 24.5 Å². The van der Waals surface area contributed by atoms with E-state index < -0.39 is 18.8 Å². The van der Waals surface area contributed by atoms with Crippen molar-refractivity contribution in [2.24, 2.45) is 17.8 Å². The van der Waals surface area contributed by atoms with Gasteiger partial charge in [-0.2, -0.15) is 4.57 Å². The summed E-state index contributed by atoms with van der Waals surface area (Å²) in [6, 6.07) is 8.60. The van der Waals surface area contributed by atoms with Gasteiger partial charge in [0.05, 0.1) is 30.7 Å². The average Bonchev–Trinajstić information content (AvgIpc) is 3.54. The summed E-state index contributed by atoms with van der Waals surface area (Å²) in [6.45, 7) is 5.25. The molecule has 0 aliphatic carbocycles. The molecule has 2 aliphatic rings. The summed E-state index contributed by atoms with van der Waals surface area (Å²) in [5.74, 6) is -0.419. The number of carbonyl (C=O) groups is 1. The standard InChI is InChI=1S/C15H11ClF3N3.C9H14N3O.C2H6/c16-8-1-3-12-10(5-8)15(20)21-11-6-9(17)2-4-13(11)22(12)7-14(18)19;1-10-6-7-12(8-10)9(13)11-4-2-3-5-11;1-2/h1-6,14H,7H2,(H2,20,21);6-8H,2-5H2,1H3;1-2H3/q;+1;. The fourth-order valence-corrected chi connectivity index (χ4v) is 4.22. The minimum atomic E-state index is -2.58. The molecular formula is C26H31ClF3N6O+. The maximum absolute atomic E-state index is 13.4. The minimum absolute atomic E-state index is 0.0955. The summed E-state index contributed by atoms with van der Waals surface area (Å²) in [5.41, 5.74) is 7.38. The largest absolute Gasteiger partial charge is 0.415 e. The highest BCUT2D eigenvalue weighted by Crippen LogP contribution is 2.40. The van der Waals surface area contributed by atoms with Gasteiger partial charge in [-0.3, -0.25) is 0 Å². The number of fused-ring (bicyclic) bond motifs is 2. The van der Waals surface area contributed by atoms with Crippen molar-refractivity contribution in [3.05, 3.63) is 71.5 Å². The number of rotatable bonds is 2. The van der Waals surface area contributed by atoms with E-state index in [0.29, 0.717) is 22.0 Å². The lowest BCUT2D eigenvalue weighted by atomic mass is 10.1. The van der Waals surface area contributed by atoms with Gasteiger partial charge in [0.1, 0.15) is 24.0 Å². The number of halogens is 4. The molecule has 0 spiro atoms. The zero-order valence-corrected chi connectivity index (χ0v) is 21.8. The summed E-state index contributed by atoms with van der Waals surface area (Å²) >= 11 is 5.95. The third-order valence-corrected chi connectivity index (χ3v) is 5.92. The fraction of sp³-hybridized carbons (Fsp3) is 0.346. The van der Waals surface area contributed by atoms with Crippen molar-refractivity contribution < 1.29 is 22.5 Å². The Kier molecular flexibility index (Phi) is 9.57. The monoisotopic (exact) mass is 535 g/mol. The fourth-order valence-electron chi connectivity index (χ4n) is 4.05. The SMILES string of the molecule is CC.C[n+]1ccn(C(=O)N2CCCC2)c1.NC1=Nc2cc(F)ccc2N(CC(F)F)c2ccc(Cl)cc21. The first-order chi connectivity index (χ1) is 17.7. The van der Waals surface area contributed by atoms with Crippen LogP contribution in [0.5, 0.6) is 0 Å². The van der Waals surface area contributed by atoms with Crippen LogP contribution >= 0.6 is 11.6 Å². The Morgan fingerprint density at radius 3 is 2.43 bits per heavy atom. The van der Waals surface area contributed by atoms with Gasteiger partial charge >= 0.3 is 6.03 Å². The number of amides is 1. The number of alkyl halides is 2. The number of aliphatic imine (C=N–C) groups is 1. The van der Waals surface area contributed by atoms with Gasteiger partial charge in [-0.15, -0.1) is 0 Å². The normalized spacial score (nSPS) is 14.0. The number of nitrogens with two attached hydrogens (primary N) is 1. The van der Waals surface area contributed by atoms with E-state index in [1.807, 2.05) is 36.6 Å². The number of imidazole rings is 1. The zero-order valence-electron chi connectivity index (χ0n) is 21.0. The van der Waals surface area contributed by atoms with E-state index in [4.69, 9.17) is 17.3 Å². The van der Waals surface area contributed by atoms with Gasteiger partial charge in [-0.05, 0) is 43.2 Å². The lowest BCUT2D eigenvalue weighted by molar-refractivity contribution is -0.670. The van der Waals surface area contributed by atoms with E-state index in [-0.39, 0.29) is 17.6 Å². The number of amidine groups is 1. The van der Waals surface area contributed by atoms with Crippen LogP contribution in [0, 0.1) is 5.82 Å². The molecule has 0 unspecified atom stereocenters. The van der Waals surface area contributed by atoms with Crippen molar-refractivity contribution in [1.82, 2.24) is 9.47 Å². The molecule has 7 nitrogen and oxygen atoms in total. The number of anilines is 2. The molecule has 2 N–H and O–H groups in total. The number of aryl methyl sites for hydroxylation is 1. The third kappa shape index (κ3) is 6.82. The molecule has 2 aromatic carbocycles. The second-order valence-electron chi connectivity index (χ2n) is 8.26. The molecule has 0 atom stereocenters. The van der Waals surface area contributed by atoms with E-state index in [1.54, 1.807) is 35.3 Å². The maximum Gasteiger partial charge on any atom is 0.415 e. The van der Waals surface area contributed by atoms with Crippen LogP contribution in [-0.4, -0.2) is 47.4 Å². The van der Waals surface area contributed by atoms with Crippen LogP contribution in [0.25, 0.3) is 0 Å². The average molecular weight is 536 g/mol. The second-order valence-corrected chi connectivity index (χ2v) is 8.69. The van der Waals surface area contributed by atoms with E-state index in [0.717, 1.165) is 32.0 Å². The molecule has 3 aromatic rings. The Labute approximate surface area is 219 Å². The maximum atomic E-state index is 13.4. The molecule has 0 saturated carbocycles. The first-order valence-corrected chi connectivity index (χ1v) is 12.4. The van der Waals surface area contributed by atoms with Crippen LogP contribution in [-0.2, 0) is 7.05 Å². The molecule has 1 amide bonds. The molecule has 11 heteroatoms. The Bertz CT molecular complexity index is 1260. The lowest BCUT2D eigenvalue weighted by Gasteiger charge is -2.26. The van der Waals surface area contributed by atoms with Gasteiger partial charge in [0.25, 0.3) is 12.8 Å². The molecule has 2 aliphatic heterocycles. The van der Waals surface area contributed by atoms with Crippen LogP contribution in [0.2, 0.25) is 5.02 Å². The molecule has 5 rings (SSSR count). The van der Waals surface area contributed by atoms with Crippen LogP contribution < -0.4 is 15.2 Å². The summed E-state index contributed by atoms with van der Waals surface area (Å²) < 4.78 is 42.9. The topological polar surface area (TPSA) is 70.7 Å². The quantitative estimate of drug-likeness (QED) is 0.432. The van der Waals surface area contributed by atoms with Crippen LogP contribution in [0.4, 0.5) is 35.0 Å². The molecule has 3 heterocycles. The summed E-state index contributed by atoms with van der Waals surface area (Å²) in [4.78, 5) is 19.1. The van der Waals surface area contributed by atoms with Gasteiger partial charge in [-0.25, -0.2) is 27.5 Å². The number of hydrogen-bond donors (Lipinski definition) is 1. The number of nitrogens with zero attached hydrogens (tertiary/aromatic N) is 5. The Morgan fingerprint density at radius 1 is 1.14 bits per heavy atom. The first-order valence-electron chi connectivity index (χ1n) is 12.0. The molecule has 0 bridgehead atoms.